The molecule has 1 aliphatic rings. The molecule has 1 unspecified atom stereocenters. The van der Waals surface area contributed by atoms with Crippen LogP contribution in [0.2, 0.25) is 0 Å². The third-order valence-electron chi connectivity index (χ3n) is 2.92. The Morgan fingerprint density at radius 3 is 3.00 bits per heavy atom. The first-order chi connectivity index (χ1) is 9.63. The molecule has 1 amide bonds. The fourth-order valence-electron chi connectivity index (χ4n) is 1.90. The molecule has 104 valence electrons. The van der Waals surface area contributed by atoms with Crippen molar-refractivity contribution in [2.24, 2.45) is 0 Å². The number of benzene rings is 1. The number of aromatic nitrogens is 2. The molecule has 1 atom stereocenters. The summed E-state index contributed by atoms with van der Waals surface area (Å²) in [6.45, 7) is 0.605. The molecule has 6 nitrogen and oxygen atoms in total. The molecular weight excluding hydrogens is 331 g/mol. The van der Waals surface area contributed by atoms with Crippen LogP contribution in [0.3, 0.4) is 0 Å². The van der Waals surface area contributed by atoms with E-state index in [9.17, 15) is 9.18 Å². The number of hydrogen-bond acceptors (Lipinski definition) is 5. The third kappa shape index (κ3) is 2.56. The summed E-state index contributed by atoms with van der Waals surface area (Å²) in [5, 5.41) is 9.58. The van der Waals surface area contributed by atoms with Crippen LogP contribution in [0.5, 0.6) is 0 Å². The third-order valence-corrected chi connectivity index (χ3v) is 3.58. The molecule has 1 saturated heterocycles. The molecule has 2 heterocycles. The minimum atomic E-state index is -0.346. The largest absolute Gasteiger partial charge is 0.353 e. The zero-order chi connectivity index (χ0) is 14.1. The van der Waals surface area contributed by atoms with Crippen LogP contribution in [0.1, 0.15) is 11.9 Å². The zero-order valence-electron chi connectivity index (χ0n) is 10.2. The molecule has 0 radical (unpaired) electrons. The van der Waals surface area contributed by atoms with E-state index in [1.54, 1.807) is 6.07 Å². The summed E-state index contributed by atoms with van der Waals surface area (Å²) in [5.74, 6) is 0.338. The number of amides is 1. The highest BCUT2D eigenvalue weighted by Crippen LogP contribution is 2.27. The highest BCUT2D eigenvalue weighted by Gasteiger charge is 2.24. The van der Waals surface area contributed by atoms with Crippen molar-refractivity contribution >= 4 is 21.8 Å². The van der Waals surface area contributed by atoms with Crippen molar-refractivity contribution in [3.8, 4) is 11.4 Å². The van der Waals surface area contributed by atoms with Crippen LogP contribution in [0.15, 0.2) is 27.2 Å². The Morgan fingerprint density at radius 1 is 1.45 bits per heavy atom. The van der Waals surface area contributed by atoms with Crippen molar-refractivity contribution in [3.63, 3.8) is 0 Å². The number of rotatable bonds is 2. The van der Waals surface area contributed by atoms with Crippen LogP contribution in [-0.4, -0.2) is 29.1 Å². The fourth-order valence-corrected chi connectivity index (χ4v) is 2.43. The van der Waals surface area contributed by atoms with Gasteiger partial charge in [-0.15, -0.1) is 0 Å². The Balaban J connectivity index is 1.84. The fraction of sp³-hybridized carbons (Fsp3) is 0.250. The Morgan fingerprint density at radius 2 is 2.30 bits per heavy atom. The maximum Gasteiger partial charge on any atom is 0.245 e. The second-order valence-corrected chi connectivity index (χ2v) is 5.17. The molecule has 8 heteroatoms. The van der Waals surface area contributed by atoms with Gasteiger partial charge in [-0.05, 0) is 34.1 Å². The molecule has 1 aromatic carbocycles. The quantitative estimate of drug-likeness (QED) is 0.863. The summed E-state index contributed by atoms with van der Waals surface area (Å²) in [5.41, 5.74) is 0.640. The van der Waals surface area contributed by atoms with E-state index in [4.69, 9.17) is 4.52 Å². The number of hydrogen-bond donors (Lipinski definition) is 2. The zero-order valence-corrected chi connectivity index (χ0v) is 11.8. The number of nitrogens with zero attached hydrogens (tertiary/aromatic N) is 2. The smallest absolute Gasteiger partial charge is 0.245 e. The lowest BCUT2D eigenvalue weighted by Gasteiger charge is -2.20. The van der Waals surface area contributed by atoms with Crippen LogP contribution in [-0.2, 0) is 4.79 Å². The predicted octanol–water partition coefficient (Wildman–Crippen LogP) is 1.40. The number of nitrogens with one attached hydrogen (secondary N) is 2. The summed E-state index contributed by atoms with van der Waals surface area (Å²) in [6, 6.07) is 4.03. The highest BCUT2D eigenvalue weighted by molar-refractivity contribution is 9.10. The topological polar surface area (TPSA) is 80.1 Å². The SMILES string of the molecule is O=C1CNC(c2nc(-c3ccc(F)cc3Br)no2)CN1. The lowest BCUT2D eigenvalue weighted by atomic mass is 10.2. The van der Waals surface area contributed by atoms with Crippen molar-refractivity contribution in [1.82, 2.24) is 20.8 Å². The molecule has 0 aliphatic carbocycles. The molecule has 2 aromatic rings. The van der Waals surface area contributed by atoms with Gasteiger partial charge in [0.15, 0.2) is 0 Å². The molecule has 0 saturated carbocycles. The highest BCUT2D eigenvalue weighted by atomic mass is 79.9. The maximum absolute atomic E-state index is 13.1. The Labute approximate surface area is 121 Å². The van der Waals surface area contributed by atoms with Crippen molar-refractivity contribution in [2.75, 3.05) is 13.1 Å². The van der Waals surface area contributed by atoms with E-state index in [0.29, 0.717) is 28.3 Å². The maximum atomic E-state index is 13.1. The van der Waals surface area contributed by atoms with Crippen LogP contribution in [0.4, 0.5) is 4.39 Å². The van der Waals surface area contributed by atoms with E-state index in [1.807, 2.05) is 0 Å². The summed E-state index contributed by atoms with van der Waals surface area (Å²) in [6.07, 6.45) is 0. The van der Waals surface area contributed by atoms with Gasteiger partial charge in [0.05, 0.1) is 6.54 Å². The van der Waals surface area contributed by atoms with Crippen molar-refractivity contribution < 1.29 is 13.7 Å². The average molecular weight is 341 g/mol. The number of carbonyl (C=O) groups excluding carboxylic acids is 1. The van der Waals surface area contributed by atoms with Gasteiger partial charge < -0.3 is 9.84 Å². The van der Waals surface area contributed by atoms with E-state index in [-0.39, 0.29) is 24.3 Å². The predicted molar refractivity (Wildman–Crippen MR) is 71.1 cm³/mol. The molecular formula is C12H10BrFN4O2. The summed E-state index contributed by atoms with van der Waals surface area (Å²) >= 11 is 3.26. The Kier molecular flexibility index (Phi) is 3.49. The minimum Gasteiger partial charge on any atom is -0.353 e. The number of halogens is 2. The van der Waals surface area contributed by atoms with Crippen molar-refractivity contribution in [2.45, 2.75) is 6.04 Å². The summed E-state index contributed by atoms with van der Waals surface area (Å²) in [4.78, 5) is 15.3. The first-order valence-corrected chi connectivity index (χ1v) is 6.72. The van der Waals surface area contributed by atoms with Gasteiger partial charge >= 0.3 is 0 Å². The van der Waals surface area contributed by atoms with Crippen LogP contribution in [0.25, 0.3) is 11.4 Å². The van der Waals surface area contributed by atoms with Gasteiger partial charge in [0.2, 0.25) is 17.6 Å². The van der Waals surface area contributed by atoms with E-state index < -0.39 is 0 Å². The van der Waals surface area contributed by atoms with E-state index in [2.05, 4.69) is 36.7 Å². The van der Waals surface area contributed by atoms with Crippen LogP contribution in [0, 0.1) is 5.82 Å². The second kappa shape index (κ2) is 5.29. The molecule has 20 heavy (non-hydrogen) atoms. The first-order valence-electron chi connectivity index (χ1n) is 5.92. The Hall–Kier alpha value is -1.80. The van der Waals surface area contributed by atoms with Gasteiger partial charge in [-0.3, -0.25) is 10.1 Å². The number of piperazine rings is 1. The van der Waals surface area contributed by atoms with Gasteiger partial charge in [-0.25, -0.2) is 4.39 Å². The molecule has 0 bridgehead atoms. The van der Waals surface area contributed by atoms with Gasteiger partial charge in [0, 0.05) is 16.6 Å². The van der Waals surface area contributed by atoms with Gasteiger partial charge in [-0.2, -0.15) is 4.98 Å². The van der Waals surface area contributed by atoms with Crippen LogP contribution >= 0.6 is 15.9 Å². The second-order valence-electron chi connectivity index (χ2n) is 4.32. The molecule has 0 spiro atoms. The van der Waals surface area contributed by atoms with Gasteiger partial charge in [-0.1, -0.05) is 5.16 Å². The molecule has 1 aromatic heterocycles. The lowest BCUT2D eigenvalue weighted by Crippen LogP contribution is -2.47. The molecule has 1 fully saturated rings. The van der Waals surface area contributed by atoms with E-state index in [1.165, 1.54) is 12.1 Å². The summed E-state index contributed by atoms with van der Waals surface area (Å²) in [7, 11) is 0. The molecule has 1 aliphatic heterocycles. The van der Waals surface area contributed by atoms with E-state index >= 15 is 0 Å². The minimum absolute atomic E-state index is 0.0673. The lowest BCUT2D eigenvalue weighted by molar-refractivity contribution is -0.121. The molecule has 3 rings (SSSR count). The van der Waals surface area contributed by atoms with Gasteiger partial charge in [0.25, 0.3) is 0 Å². The number of carbonyl (C=O) groups is 1. The van der Waals surface area contributed by atoms with Crippen molar-refractivity contribution in [3.05, 3.63) is 34.4 Å². The molecule has 2 N–H and O–H groups in total. The first kappa shape index (κ1) is 13.2. The summed E-state index contributed by atoms with van der Waals surface area (Å²) < 4.78 is 18.8. The monoisotopic (exact) mass is 340 g/mol. The normalized spacial score (nSPS) is 18.9. The van der Waals surface area contributed by atoms with Crippen molar-refractivity contribution in [1.29, 1.82) is 0 Å². The van der Waals surface area contributed by atoms with E-state index in [0.717, 1.165) is 0 Å². The van der Waals surface area contributed by atoms with Gasteiger partial charge in [0.1, 0.15) is 11.9 Å². The Bertz CT molecular complexity index is 651. The standard InChI is InChI=1S/C12H10BrFN4O2/c13-8-3-6(14)1-2-7(8)11-17-12(20-18-11)9-4-16-10(19)5-15-9/h1-3,9,15H,4-5H2,(H,16,19). The van der Waals surface area contributed by atoms with Crippen LogP contribution < -0.4 is 10.6 Å². The average Bonchev–Trinajstić information content (AvgIpc) is 2.89.